The van der Waals surface area contributed by atoms with Gasteiger partial charge in [0.1, 0.15) is 5.15 Å². The Hall–Kier alpha value is -0.650. The quantitative estimate of drug-likeness (QED) is 0.803. The van der Waals surface area contributed by atoms with Gasteiger partial charge in [-0.1, -0.05) is 18.0 Å². The summed E-state index contributed by atoms with van der Waals surface area (Å²) in [6.07, 6.45) is 7.68. The Morgan fingerprint density at radius 2 is 2.26 bits per heavy atom. The minimum atomic E-state index is -3.09. The molecule has 1 aliphatic rings. The smallest absolute Gasteiger partial charge is 0.211 e. The lowest BCUT2D eigenvalue weighted by Gasteiger charge is -2.33. The average molecular weight is 303 g/mol. The van der Waals surface area contributed by atoms with E-state index in [4.69, 9.17) is 11.6 Å². The van der Waals surface area contributed by atoms with Gasteiger partial charge in [-0.05, 0) is 43.4 Å². The third kappa shape index (κ3) is 4.16. The Labute approximate surface area is 119 Å². The molecule has 1 aromatic heterocycles. The van der Waals surface area contributed by atoms with E-state index in [1.165, 1.54) is 6.26 Å². The van der Waals surface area contributed by atoms with E-state index in [0.717, 1.165) is 37.7 Å². The molecular weight excluding hydrogens is 284 g/mol. The minimum Gasteiger partial charge on any atom is -0.245 e. The summed E-state index contributed by atoms with van der Waals surface area (Å²) >= 11 is 5.85. The summed E-state index contributed by atoms with van der Waals surface area (Å²) in [6.45, 7) is 0.653. The summed E-state index contributed by atoms with van der Waals surface area (Å²) in [6, 6.07) is 3.89. The third-order valence-corrected chi connectivity index (χ3v) is 5.10. The van der Waals surface area contributed by atoms with Crippen molar-refractivity contribution in [2.75, 3.05) is 12.8 Å². The van der Waals surface area contributed by atoms with Crippen LogP contribution in [-0.4, -0.2) is 36.5 Å². The highest BCUT2D eigenvalue weighted by Gasteiger charge is 2.28. The number of hydrogen-bond acceptors (Lipinski definition) is 3. The van der Waals surface area contributed by atoms with Gasteiger partial charge in [0.05, 0.1) is 6.26 Å². The van der Waals surface area contributed by atoms with Gasteiger partial charge in [-0.3, -0.25) is 0 Å². The number of hydrogen-bond donors (Lipinski definition) is 0. The number of rotatable bonds is 4. The van der Waals surface area contributed by atoms with E-state index in [0.29, 0.717) is 11.7 Å². The fraction of sp³-hybridized carbons (Fsp3) is 0.615. The highest BCUT2D eigenvalue weighted by molar-refractivity contribution is 7.88. The summed E-state index contributed by atoms with van der Waals surface area (Å²) in [4.78, 5) is 3.95. The molecule has 0 spiro atoms. The van der Waals surface area contributed by atoms with Crippen LogP contribution < -0.4 is 0 Å². The van der Waals surface area contributed by atoms with Gasteiger partial charge in [-0.25, -0.2) is 13.4 Å². The Balaban J connectivity index is 2.01. The van der Waals surface area contributed by atoms with Crippen molar-refractivity contribution in [2.45, 2.75) is 38.1 Å². The zero-order valence-corrected chi connectivity index (χ0v) is 12.6. The van der Waals surface area contributed by atoms with E-state index >= 15 is 0 Å². The third-order valence-electron chi connectivity index (χ3n) is 3.56. The van der Waals surface area contributed by atoms with Gasteiger partial charge in [0.15, 0.2) is 0 Å². The van der Waals surface area contributed by atoms with Crippen molar-refractivity contribution in [1.29, 1.82) is 0 Å². The Bertz CT molecular complexity index is 533. The lowest BCUT2D eigenvalue weighted by atomic mass is 9.98. The molecule has 1 atom stereocenters. The second-order valence-electron chi connectivity index (χ2n) is 5.05. The van der Waals surface area contributed by atoms with Crippen LogP contribution in [-0.2, 0) is 16.4 Å². The maximum Gasteiger partial charge on any atom is 0.211 e. The van der Waals surface area contributed by atoms with Crippen molar-refractivity contribution in [3.63, 3.8) is 0 Å². The number of aryl methyl sites for hydroxylation is 1. The standard InChI is InChI=1S/C13H19ClN2O2S/c1-19(17,18)16-9-3-2-4-12(16)6-5-11-7-8-15-13(14)10-11/h7-8,10,12H,2-6,9H2,1H3/t12-/m0/s1. The Morgan fingerprint density at radius 1 is 1.47 bits per heavy atom. The number of pyridine rings is 1. The SMILES string of the molecule is CS(=O)(=O)N1CCCC[C@H]1CCc1ccnc(Cl)c1. The first-order valence-corrected chi connectivity index (χ1v) is 8.77. The fourth-order valence-corrected chi connectivity index (χ4v) is 4.04. The number of halogens is 1. The van der Waals surface area contributed by atoms with E-state index in [9.17, 15) is 8.42 Å². The Morgan fingerprint density at radius 3 is 2.95 bits per heavy atom. The summed E-state index contributed by atoms with van der Waals surface area (Å²) in [5.74, 6) is 0. The van der Waals surface area contributed by atoms with Crippen LogP contribution >= 0.6 is 11.6 Å². The molecule has 4 nitrogen and oxygen atoms in total. The summed E-state index contributed by atoms with van der Waals surface area (Å²) in [7, 11) is -3.09. The van der Waals surface area contributed by atoms with Gasteiger partial charge >= 0.3 is 0 Å². The molecule has 106 valence electrons. The first-order chi connectivity index (χ1) is 8.97. The number of nitrogens with zero attached hydrogens (tertiary/aromatic N) is 2. The normalized spacial score (nSPS) is 21.5. The first-order valence-electron chi connectivity index (χ1n) is 6.54. The number of sulfonamides is 1. The van der Waals surface area contributed by atoms with Crippen LogP contribution in [0.25, 0.3) is 0 Å². The molecule has 1 fully saturated rings. The topological polar surface area (TPSA) is 50.3 Å². The van der Waals surface area contributed by atoms with Gasteiger partial charge in [0, 0.05) is 18.8 Å². The molecule has 1 saturated heterocycles. The lowest BCUT2D eigenvalue weighted by molar-refractivity contribution is 0.242. The van der Waals surface area contributed by atoms with Crippen LogP contribution in [0, 0.1) is 0 Å². The zero-order chi connectivity index (χ0) is 13.9. The van der Waals surface area contributed by atoms with Crippen LogP contribution in [0.4, 0.5) is 0 Å². The van der Waals surface area contributed by atoms with Crippen molar-refractivity contribution in [3.8, 4) is 0 Å². The van der Waals surface area contributed by atoms with Gasteiger partial charge < -0.3 is 0 Å². The summed E-state index contributed by atoms with van der Waals surface area (Å²) in [5.41, 5.74) is 1.11. The van der Waals surface area contributed by atoms with Crippen molar-refractivity contribution < 1.29 is 8.42 Å². The molecule has 0 aromatic carbocycles. The zero-order valence-electron chi connectivity index (χ0n) is 11.0. The average Bonchev–Trinajstić information content (AvgIpc) is 2.36. The van der Waals surface area contributed by atoms with Crippen molar-refractivity contribution >= 4 is 21.6 Å². The molecule has 0 bridgehead atoms. The van der Waals surface area contributed by atoms with Gasteiger partial charge in [-0.15, -0.1) is 0 Å². The highest BCUT2D eigenvalue weighted by Crippen LogP contribution is 2.23. The van der Waals surface area contributed by atoms with Crippen molar-refractivity contribution in [1.82, 2.24) is 9.29 Å². The van der Waals surface area contributed by atoms with E-state index in [1.54, 1.807) is 10.5 Å². The van der Waals surface area contributed by atoms with E-state index in [2.05, 4.69) is 4.98 Å². The molecule has 2 heterocycles. The predicted molar refractivity (Wildman–Crippen MR) is 76.8 cm³/mol. The van der Waals surface area contributed by atoms with Crippen LogP contribution in [0.2, 0.25) is 5.15 Å². The maximum atomic E-state index is 11.8. The monoisotopic (exact) mass is 302 g/mol. The molecule has 2 rings (SSSR count). The summed E-state index contributed by atoms with van der Waals surface area (Å²) in [5, 5.41) is 0.487. The van der Waals surface area contributed by atoms with Gasteiger partial charge in [0.25, 0.3) is 0 Å². The molecule has 0 saturated carbocycles. The molecule has 0 radical (unpaired) electrons. The molecule has 0 amide bonds. The fourth-order valence-electron chi connectivity index (χ4n) is 2.63. The highest BCUT2D eigenvalue weighted by atomic mass is 35.5. The molecule has 0 unspecified atom stereocenters. The van der Waals surface area contributed by atoms with Crippen molar-refractivity contribution in [3.05, 3.63) is 29.0 Å². The van der Waals surface area contributed by atoms with E-state index in [1.807, 2.05) is 12.1 Å². The number of aromatic nitrogens is 1. The second kappa shape index (κ2) is 6.20. The van der Waals surface area contributed by atoms with Crippen molar-refractivity contribution in [2.24, 2.45) is 0 Å². The molecule has 1 aromatic rings. The first kappa shape index (κ1) is 14.8. The lowest BCUT2D eigenvalue weighted by Crippen LogP contribution is -2.43. The number of piperidine rings is 1. The molecule has 1 aliphatic heterocycles. The minimum absolute atomic E-state index is 0.121. The van der Waals surface area contributed by atoms with Crippen LogP contribution in [0.15, 0.2) is 18.3 Å². The van der Waals surface area contributed by atoms with Crippen LogP contribution in [0.1, 0.15) is 31.2 Å². The molecule has 19 heavy (non-hydrogen) atoms. The van der Waals surface area contributed by atoms with Gasteiger partial charge in [0.2, 0.25) is 10.0 Å². The molecule has 0 aliphatic carbocycles. The Kier molecular flexibility index (Phi) is 4.81. The van der Waals surface area contributed by atoms with Crippen LogP contribution in [0.3, 0.4) is 0 Å². The largest absolute Gasteiger partial charge is 0.245 e. The second-order valence-corrected chi connectivity index (χ2v) is 7.37. The van der Waals surface area contributed by atoms with E-state index in [-0.39, 0.29) is 6.04 Å². The van der Waals surface area contributed by atoms with Gasteiger partial charge in [-0.2, -0.15) is 4.31 Å². The van der Waals surface area contributed by atoms with E-state index < -0.39 is 10.0 Å². The molecule has 0 N–H and O–H groups in total. The summed E-state index contributed by atoms with van der Waals surface area (Å²) < 4.78 is 25.2. The van der Waals surface area contributed by atoms with Crippen LogP contribution in [0.5, 0.6) is 0 Å². The molecular formula is C13H19ClN2O2S. The maximum absolute atomic E-state index is 11.8. The predicted octanol–water partition coefficient (Wildman–Crippen LogP) is 2.48. The molecule has 6 heteroatoms.